The molecule has 1 heterocycles. The quantitative estimate of drug-likeness (QED) is 0.268. The van der Waals surface area contributed by atoms with Crippen LogP contribution in [0.1, 0.15) is 36.1 Å². The molecule has 0 aliphatic carbocycles. The summed E-state index contributed by atoms with van der Waals surface area (Å²) in [7, 11) is 0. The molecule has 0 spiro atoms. The number of nitrogens with zero attached hydrogens (tertiary/aromatic N) is 3. The number of hydrogen-bond donors (Lipinski definition) is 2. The van der Waals surface area contributed by atoms with Crippen LogP contribution in [0.4, 0.5) is 5.69 Å². The van der Waals surface area contributed by atoms with E-state index in [9.17, 15) is 9.59 Å². The van der Waals surface area contributed by atoms with Gasteiger partial charge in [0.15, 0.2) is 11.0 Å². The molecule has 3 aromatic rings. The number of rotatable bonds is 10. The van der Waals surface area contributed by atoms with E-state index in [0.717, 1.165) is 0 Å². The van der Waals surface area contributed by atoms with E-state index in [1.165, 1.54) is 11.8 Å². The normalized spacial score (nSPS) is 11.8. The maximum atomic E-state index is 12.8. The summed E-state index contributed by atoms with van der Waals surface area (Å²) in [4.78, 5) is 25.3. The Labute approximate surface area is 212 Å². The van der Waals surface area contributed by atoms with Crippen molar-refractivity contribution in [3.8, 4) is 0 Å². The minimum Gasteiger partial charge on any atom is -0.342 e. The Morgan fingerprint density at radius 1 is 1.12 bits per heavy atom. The molecule has 3 rings (SSSR count). The van der Waals surface area contributed by atoms with Crippen LogP contribution < -0.4 is 10.6 Å². The van der Waals surface area contributed by atoms with Gasteiger partial charge in [0.25, 0.3) is 5.91 Å². The van der Waals surface area contributed by atoms with Crippen LogP contribution in [0.25, 0.3) is 0 Å². The van der Waals surface area contributed by atoms with E-state index in [2.05, 4.69) is 27.4 Å². The van der Waals surface area contributed by atoms with Crippen LogP contribution >= 0.6 is 35.0 Å². The van der Waals surface area contributed by atoms with Gasteiger partial charge in [-0.1, -0.05) is 79.2 Å². The molecule has 2 amide bonds. The fourth-order valence-electron chi connectivity index (χ4n) is 3.20. The van der Waals surface area contributed by atoms with Crippen molar-refractivity contribution in [2.75, 3.05) is 11.1 Å². The topological polar surface area (TPSA) is 88.9 Å². The van der Waals surface area contributed by atoms with Crippen molar-refractivity contribution in [2.45, 2.75) is 31.6 Å². The SMILES string of the molecule is C=CCn1c(SCC(=O)Nc2cccc(Cl)c2Cl)nnc1[C@@H](NC(=O)c1ccccc1)C(C)C. The largest absolute Gasteiger partial charge is 0.342 e. The Hall–Kier alpha value is -2.81. The highest BCUT2D eigenvalue weighted by molar-refractivity contribution is 7.99. The molecule has 34 heavy (non-hydrogen) atoms. The van der Waals surface area contributed by atoms with Crippen molar-refractivity contribution in [1.82, 2.24) is 20.1 Å². The second-order valence-corrected chi connectivity index (χ2v) is 9.47. The van der Waals surface area contributed by atoms with Crippen molar-refractivity contribution in [1.29, 1.82) is 0 Å². The molecule has 10 heteroatoms. The lowest BCUT2D eigenvalue weighted by Gasteiger charge is -2.22. The van der Waals surface area contributed by atoms with Gasteiger partial charge in [-0.15, -0.1) is 16.8 Å². The molecule has 2 N–H and O–H groups in total. The third-order valence-electron chi connectivity index (χ3n) is 4.88. The molecule has 1 atom stereocenters. The first-order chi connectivity index (χ1) is 16.3. The highest BCUT2D eigenvalue weighted by Crippen LogP contribution is 2.30. The van der Waals surface area contributed by atoms with Crippen LogP contribution in [-0.4, -0.2) is 32.3 Å². The summed E-state index contributed by atoms with van der Waals surface area (Å²) in [5, 5.41) is 15.6. The molecule has 0 radical (unpaired) electrons. The summed E-state index contributed by atoms with van der Waals surface area (Å²) in [6, 6.07) is 13.7. The first-order valence-electron chi connectivity index (χ1n) is 10.6. The Bertz CT molecular complexity index is 1170. The number of hydrogen-bond acceptors (Lipinski definition) is 5. The summed E-state index contributed by atoms with van der Waals surface area (Å²) >= 11 is 13.4. The van der Waals surface area contributed by atoms with Crippen LogP contribution in [0.5, 0.6) is 0 Å². The molecule has 0 aliphatic rings. The third kappa shape index (κ3) is 6.40. The van der Waals surface area contributed by atoms with E-state index in [4.69, 9.17) is 23.2 Å². The lowest BCUT2D eigenvalue weighted by atomic mass is 10.0. The predicted molar refractivity (Wildman–Crippen MR) is 138 cm³/mol. The summed E-state index contributed by atoms with van der Waals surface area (Å²) in [5.41, 5.74) is 1.00. The summed E-state index contributed by atoms with van der Waals surface area (Å²) in [6.45, 7) is 8.24. The summed E-state index contributed by atoms with van der Waals surface area (Å²) < 4.78 is 1.85. The van der Waals surface area contributed by atoms with Gasteiger partial charge in [0.1, 0.15) is 0 Å². The number of nitrogens with one attached hydrogen (secondary N) is 2. The van der Waals surface area contributed by atoms with Gasteiger partial charge in [-0.25, -0.2) is 0 Å². The molecule has 0 saturated heterocycles. The molecular weight excluding hydrogens is 493 g/mol. The molecule has 0 saturated carbocycles. The van der Waals surface area contributed by atoms with Crippen LogP contribution in [0, 0.1) is 5.92 Å². The number of anilines is 1. The van der Waals surface area contributed by atoms with Gasteiger partial charge >= 0.3 is 0 Å². The second kappa shape index (κ2) is 12.1. The van der Waals surface area contributed by atoms with E-state index in [1.54, 1.807) is 36.4 Å². The summed E-state index contributed by atoms with van der Waals surface area (Å²) in [5.74, 6) is 0.272. The number of amides is 2. The Kier molecular flexibility index (Phi) is 9.15. The number of allylic oxidation sites excluding steroid dienone is 1. The van der Waals surface area contributed by atoms with Crippen molar-refractivity contribution in [3.05, 3.63) is 82.6 Å². The molecule has 7 nitrogen and oxygen atoms in total. The lowest BCUT2D eigenvalue weighted by Crippen LogP contribution is -2.33. The highest BCUT2D eigenvalue weighted by atomic mass is 35.5. The highest BCUT2D eigenvalue weighted by Gasteiger charge is 2.26. The fourth-order valence-corrected chi connectivity index (χ4v) is 4.30. The van der Waals surface area contributed by atoms with Gasteiger partial charge in [-0.05, 0) is 30.2 Å². The van der Waals surface area contributed by atoms with Gasteiger partial charge in [-0.2, -0.15) is 0 Å². The van der Waals surface area contributed by atoms with E-state index < -0.39 is 0 Å². The number of carbonyl (C=O) groups excluding carboxylic acids is 2. The smallest absolute Gasteiger partial charge is 0.251 e. The van der Waals surface area contributed by atoms with Crippen molar-refractivity contribution in [3.63, 3.8) is 0 Å². The van der Waals surface area contributed by atoms with E-state index in [-0.39, 0.29) is 34.5 Å². The third-order valence-corrected chi connectivity index (χ3v) is 6.67. The molecule has 1 aromatic heterocycles. The molecule has 0 bridgehead atoms. The maximum Gasteiger partial charge on any atom is 0.251 e. The van der Waals surface area contributed by atoms with Crippen LogP contribution in [-0.2, 0) is 11.3 Å². The first-order valence-corrected chi connectivity index (χ1v) is 12.3. The second-order valence-electron chi connectivity index (χ2n) is 7.74. The molecule has 0 fully saturated rings. The molecule has 2 aromatic carbocycles. The van der Waals surface area contributed by atoms with Crippen LogP contribution in [0.15, 0.2) is 66.3 Å². The van der Waals surface area contributed by atoms with E-state index in [0.29, 0.717) is 33.8 Å². The van der Waals surface area contributed by atoms with Gasteiger partial charge < -0.3 is 15.2 Å². The average Bonchev–Trinajstić information content (AvgIpc) is 3.21. The number of carbonyl (C=O) groups is 2. The molecule has 0 aliphatic heterocycles. The lowest BCUT2D eigenvalue weighted by molar-refractivity contribution is -0.113. The maximum absolute atomic E-state index is 12.8. The monoisotopic (exact) mass is 517 g/mol. The Morgan fingerprint density at radius 2 is 1.85 bits per heavy atom. The van der Waals surface area contributed by atoms with Gasteiger partial charge in [0.05, 0.1) is 27.5 Å². The van der Waals surface area contributed by atoms with Crippen molar-refractivity contribution in [2.24, 2.45) is 5.92 Å². The van der Waals surface area contributed by atoms with Crippen LogP contribution in [0.2, 0.25) is 10.0 Å². The molecule has 0 unspecified atom stereocenters. The number of halogens is 2. The molecule has 178 valence electrons. The van der Waals surface area contributed by atoms with Crippen molar-refractivity contribution >= 4 is 52.5 Å². The van der Waals surface area contributed by atoms with E-state index >= 15 is 0 Å². The number of thioether (sulfide) groups is 1. The minimum absolute atomic E-state index is 0.0477. The minimum atomic E-state index is -0.381. The van der Waals surface area contributed by atoms with Gasteiger partial charge in [0.2, 0.25) is 5.91 Å². The Balaban J connectivity index is 1.75. The average molecular weight is 518 g/mol. The zero-order chi connectivity index (χ0) is 24.7. The predicted octanol–water partition coefficient (Wildman–Crippen LogP) is 5.63. The standard InChI is InChI=1S/C24H25Cl2N5O2S/c1-4-13-31-22(21(15(2)3)28-23(33)16-9-6-5-7-10-16)29-30-24(31)34-14-19(32)27-18-12-8-11-17(25)20(18)26/h4-12,15,21H,1,13-14H2,2-3H3,(H,27,32)(H,28,33)/t21-/m0/s1. The first kappa shape index (κ1) is 25.8. The van der Waals surface area contributed by atoms with E-state index in [1.807, 2.05) is 36.6 Å². The van der Waals surface area contributed by atoms with Gasteiger partial charge in [-0.3, -0.25) is 9.59 Å². The number of benzene rings is 2. The van der Waals surface area contributed by atoms with Crippen molar-refractivity contribution < 1.29 is 9.59 Å². The van der Waals surface area contributed by atoms with Crippen LogP contribution in [0.3, 0.4) is 0 Å². The Morgan fingerprint density at radius 3 is 2.53 bits per heavy atom. The zero-order valence-electron chi connectivity index (χ0n) is 18.8. The fraction of sp³-hybridized carbons (Fsp3) is 0.250. The number of aromatic nitrogens is 3. The summed E-state index contributed by atoms with van der Waals surface area (Å²) in [6.07, 6.45) is 1.72. The molecular formula is C24H25Cl2N5O2S. The zero-order valence-corrected chi connectivity index (χ0v) is 21.1. The van der Waals surface area contributed by atoms with Gasteiger partial charge in [0, 0.05) is 12.1 Å².